The summed E-state index contributed by atoms with van der Waals surface area (Å²) in [5.41, 5.74) is 7.62. The van der Waals surface area contributed by atoms with Crippen molar-refractivity contribution in [1.29, 1.82) is 0 Å². The standard InChI is InChI=1S/C15H24N2O2/c1-14(2,3)10-7-9(13(16)17-19)8-11(12(10)18)15(4,5)6/h7-8,18-19H,1-6H3,(H2,16,17)/p+1. The van der Waals surface area contributed by atoms with E-state index < -0.39 is 0 Å². The van der Waals surface area contributed by atoms with Gasteiger partial charge in [-0.05, 0) is 23.0 Å². The quantitative estimate of drug-likeness (QED) is 0.266. The smallest absolute Gasteiger partial charge is 0.311 e. The Bertz CT molecular complexity index is 471. The summed E-state index contributed by atoms with van der Waals surface area (Å²) in [4.78, 5) is 0. The lowest BCUT2D eigenvalue weighted by molar-refractivity contribution is -0.737. The molecule has 0 unspecified atom stereocenters. The number of rotatable bonds is 1. The summed E-state index contributed by atoms with van der Waals surface area (Å²) in [5.74, 6) is 0.477. The van der Waals surface area contributed by atoms with Gasteiger partial charge in [0.1, 0.15) is 5.75 Å². The molecule has 0 atom stereocenters. The van der Waals surface area contributed by atoms with Crippen molar-refractivity contribution in [2.45, 2.75) is 52.4 Å². The number of hydrogen-bond donors (Lipinski definition) is 4. The van der Waals surface area contributed by atoms with Gasteiger partial charge in [-0.25, -0.2) is 0 Å². The van der Waals surface area contributed by atoms with Crippen LogP contribution in [0.5, 0.6) is 5.75 Å². The van der Waals surface area contributed by atoms with E-state index in [9.17, 15) is 5.11 Å². The lowest BCUT2D eigenvalue weighted by Crippen LogP contribution is -2.71. The zero-order valence-corrected chi connectivity index (χ0v) is 12.6. The Balaban J connectivity index is 3.67. The van der Waals surface area contributed by atoms with Crippen LogP contribution in [0, 0.1) is 0 Å². The van der Waals surface area contributed by atoms with Crippen LogP contribution < -0.4 is 10.9 Å². The number of amidine groups is 1. The van der Waals surface area contributed by atoms with E-state index in [1.165, 1.54) is 0 Å². The van der Waals surface area contributed by atoms with Gasteiger partial charge in [-0.3, -0.25) is 5.73 Å². The van der Waals surface area contributed by atoms with E-state index in [4.69, 9.17) is 10.9 Å². The predicted molar refractivity (Wildman–Crippen MR) is 76.6 cm³/mol. The zero-order chi connectivity index (χ0) is 15.0. The third-order valence-electron chi connectivity index (χ3n) is 3.16. The van der Waals surface area contributed by atoms with Gasteiger partial charge in [-0.1, -0.05) is 46.7 Å². The number of phenolic OH excluding ortho intramolecular Hbond substituents is 1. The summed E-state index contributed by atoms with van der Waals surface area (Å²) in [7, 11) is 0. The summed E-state index contributed by atoms with van der Waals surface area (Å²) in [6, 6.07) is 3.62. The fourth-order valence-corrected chi connectivity index (χ4v) is 2.00. The molecule has 1 rings (SSSR count). The van der Waals surface area contributed by atoms with Crippen molar-refractivity contribution < 1.29 is 15.5 Å². The van der Waals surface area contributed by atoms with Crippen LogP contribution in [0.4, 0.5) is 0 Å². The highest BCUT2D eigenvalue weighted by molar-refractivity contribution is 5.93. The molecular weight excluding hydrogens is 240 g/mol. The summed E-state index contributed by atoms with van der Waals surface area (Å²) >= 11 is 0. The van der Waals surface area contributed by atoms with Gasteiger partial charge in [0, 0.05) is 11.1 Å². The molecule has 4 heteroatoms. The maximum atomic E-state index is 10.5. The highest BCUT2D eigenvalue weighted by atomic mass is 16.4. The van der Waals surface area contributed by atoms with Crippen molar-refractivity contribution in [3.63, 3.8) is 0 Å². The van der Waals surface area contributed by atoms with Gasteiger partial charge in [0.15, 0.2) is 0 Å². The Hall–Kier alpha value is -1.71. The fourth-order valence-electron chi connectivity index (χ4n) is 2.00. The van der Waals surface area contributed by atoms with E-state index in [1.807, 2.05) is 58.8 Å². The van der Waals surface area contributed by atoms with Crippen molar-refractivity contribution >= 4 is 5.84 Å². The van der Waals surface area contributed by atoms with Gasteiger partial charge in [-0.2, -0.15) is 0 Å². The van der Waals surface area contributed by atoms with E-state index in [1.54, 1.807) is 0 Å². The van der Waals surface area contributed by atoms with Crippen LogP contribution in [-0.2, 0) is 10.8 Å². The molecule has 0 aliphatic carbocycles. The Kier molecular flexibility index (Phi) is 3.84. The third kappa shape index (κ3) is 3.19. The maximum Gasteiger partial charge on any atom is 0.311 e. The molecule has 1 aromatic carbocycles. The van der Waals surface area contributed by atoms with Gasteiger partial charge >= 0.3 is 5.84 Å². The molecule has 5 N–H and O–H groups in total. The number of phenols is 1. The fraction of sp³-hybridized carbons (Fsp3) is 0.533. The van der Waals surface area contributed by atoms with Crippen LogP contribution in [0.2, 0.25) is 0 Å². The van der Waals surface area contributed by atoms with Crippen molar-refractivity contribution in [3.8, 4) is 5.75 Å². The molecule has 1 aromatic rings. The summed E-state index contributed by atoms with van der Waals surface area (Å²) in [5, 5.41) is 21.4. The molecule has 0 spiro atoms. The minimum absolute atomic E-state index is 0.177. The molecule has 106 valence electrons. The molecule has 0 aliphatic heterocycles. The molecule has 0 fully saturated rings. The molecule has 0 amide bonds. The number of nitrogen functional groups attached to an aromatic ring is 1. The highest BCUT2D eigenvalue weighted by Crippen LogP contribution is 2.39. The lowest BCUT2D eigenvalue weighted by Gasteiger charge is -2.27. The molecule has 0 aliphatic rings. The molecule has 0 bridgehead atoms. The van der Waals surface area contributed by atoms with Crippen molar-refractivity contribution in [2.75, 3.05) is 0 Å². The Morgan fingerprint density at radius 1 is 1.00 bits per heavy atom. The summed E-state index contributed by atoms with van der Waals surface area (Å²) in [6.07, 6.45) is 0. The van der Waals surface area contributed by atoms with Gasteiger partial charge in [0.05, 0.1) is 5.56 Å². The number of benzene rings is 1. The first-order valence-electron chi connectivity index (χ1n) is 6.39. The Morgan fingerprint density at radius 2 is 1.37 bits per heavy atom. The molecule has 19 heavy (non-hydrogen) atoms. The molecule has 0 saturated heterocycles. The first kappa shape index (κ1) is 15.3. The molecule has 4 nitrogen and oxygen atoms in total. The molecule has 0 heterocycles. The second-order valence-corrected chi connectivity index (χ2v) is 6.95. The van der Waals surface area contributed by atoms with Crippen LogP contribution >= 0.6 is 0 Å². The third-order valence-corrected chi connectivity index (χ3v) is 3.16. The average Bonchev–Trinajstić information content (AvgIpc) is 2.25. The maximum absolute atomic E-state index is 10.5. The molecule has 0 aromatic heterocycles. The van der Waals surface area contributed by atoms with Crippen molar-refractivity contribution in [3.05, 3.63) is 28.8 Å². The second kappa shape index (κ2) is 4.76. The number of nitrogens with two attached hydrogens (primary N) is 1. The van der Waals surface area contributed by atoms with Crippen LogP contribution in [0.1, 0.15) is 58.2 Å². The number of hydrogen-bond acceptors (Lipinski definition) is 2. The van der Waals surface area contributed by atoms with Crippen molar-refractivity contribution in [2.24, 2.45) is 5.73 Å². The van der Waals surface area contributed by atoms with E-state index >= 15 is 0 Å². The zero-order valence-electron chi connectivity index (χ0n) is 12.6. The summed E-state index contributed by atoms with van der Waals surface area (Å²) < 4.78 is 0. The number of nitrogens with one attached hydrogen (secondary N) is 1. The van der Waals surface area contributed by atoms with E-state index in [2.05, 4.69) is 0 Å². The first-order chi connectivity index (χ1) is 8.48. The highest BCUT2D eigenvalue weighted by Gasteiger charge is 2.27. The normalized spacial score (nSPS) is 13.7. The first-order valence-corrected chi connectivity index (χ1v) is 6.39. The van der Waals surface area contributed by atoms with E-state index in [0.29, 0.717) is 11.3 Å². The molecule has 0 saturated carbocycles. The van der Waals surface area contributed by atoms with Crippen LogP contribution in [0.15, 0.2) is 12.1 Å². The second-order valence-electron chi connectivity index (χ2n) is 6.95. The molecule has 0 radical (unpaired) electrons. The van der Waals surface area contributed by atoms with E-state index in [0.717, 1.165) is 11.1 Å². The monoisotopic (exact) mass is 265 g/mol. The Labute approximate surface area is 114 Å². The largest absolute Gasteiger partial charge is 0.507 e. The van der Waals surface area contributed by atoms with Crippen LogP contribution in [0.3, 0.4) is 0 Å². The predicted octanol–water partition coefficient (Wildman–Crippen LogP) is 1.16. The minimum atomic E-state index is -0.212. The summed E-state index contributed by atoms with van der Waals surface area (Å²) in [6.45, 7) is 12.2. The van der Waals surface area contributed by atoms with Gasteiger partial charge < -0.3 is 10.3 Å². The SMILES string of the molecule is CC(C)(C)c1cc(C(N)=[NH+]O)cc(C(C)(C)C)c1O. The molecular formula is C15H25N2O2+. The van der Waals surface area contributed by atoms with Crippen molar-refractivity contribution in [1.82, 2.24) is 0 Å². The van der Waals surface area contributed by atoms with Crippen LogP contribution in [-0.4, -0.2) is 16.1 Å². The van der Waals surface area contributed by atoms with Gasteiger partial charge in [0.2, 0.25) is 0 Å². The average molecular weight is 265 g/mol. The Morgan fingerprint density at radius 3 is 1.63 bits per heavy atom. The lowest BCUT2D eigenvalue weighted by atomic mass is 9.78. The van der Waals surface area contributed by atoms with Gasteiger partial charge in [0.25, 0.3) is 0 Å². The topological polar surface area (TPSA) is 80.5 Å². The minimum Gasteiger partial charge on any atom is -0.507 e. The van der Waals surface area contributed by atoms with Gasteiger partial charge in [-0.15, -0.1) is 0 Å². The van der Waals surface area contributed by atoms with Crippen LogP contribution in [0.25, 0.3) is 0 Å². The number of aromatic hydroxyl groups is 1. The van der Waals surface area contributed by atoms with E-state index in [-0.39, 0.29) is 16.7 Å².